The molecule has 184 valence electrons. The monoisotopic (exact) mass is 488 g/mol. The first-order valence-corrected chi connectivity index (χ1v) is 11.5. The van der Waals surface area contributed by atoms with Gasteiger partial charge in [0.2, 0.25) is 0 Å². The van der Waals surface area contributed by atoms with Gasteiger partial charge in [-0.25, -0.2) is 14.0 Å². The van der Waals surface area contributed by atoms with E-state index in [1.165, 1.54) is 0 Å². The molecular formula is C27H25FN4O4. The summed E-state index contributed by atoms with van der Waals surface area (Å²) < 4.78 is 26.1. The molecular weight excluding hydrogens is 463 g/mol. The molecule has 1 aliphatic rings. The molecule has 4 rings (SSSR count). The number of esters is 2. The molecule has 9 heteroatoms. The maximum absolute atomic E-state index is 14.6. The van der Waals surface area contributed by atoms with E-state index in [9.17, 15) is 19.5 Å². The summed E-state index contributed by atoms with van der Waals surface area (Å²) in [6.07, 6.45) is -2.41. The molecule has 36 heavy (non-hydrogen) atoms. The molecule has 0 saturated carbocycles. The molecule has 0 amide bonds. The van der Waals surface area contributed by atoms with Crippen LogP contribution in [-0.2, 0) is 16.0 Å². The zero-order valence-electron chi connectivity index (χ0n) is 19.4. The van der Waals surface area contributed by atoms with E-state index in [4.69, 9.17) is 9.47 Å². The van der Waals surface area contributed by atoms with Crippen LogP contribution in [0.15, 0.2) is 96.1 Å². The SMILES string of the molecule is [N-]=[N+]=NC1CN(Cc2ccccc2)[C@H](CF)[C@@H](OC(=O)c2ccccc2)[C@@H]1OC(=O)c1ccccc1. The number of carbonyl (C=O) groups excluding carboxylic acids is 2. The fraction of sp³-hybridized carbons (Fsp3) is 0.259. The molecule has 0 aromatic heterocycles. The van der Waals surface area contributed by atoms with E-state index in [2.05, 4.69) is 10.0 Å². The van der Waals surface area contributed by atoms with Crippen LogP contribution in [0, 0.1) is 0 Å². The van der Waals surface area contributed by atoms with Crippen LogP contribution in [0.4, 0.5) is 4.39 Å². The number of carbonyl (C=O) groups is 2. The molecule has 4 atom stereocenters. The first-order valence-electron chi connectivity index (χ1n) is 11.5. The molecule has 0 bridgehead atoms. The van der Waals surface area contributed by atoms with Crippen LogP contribution in [0.25, 0.3) is 10.4 Å². The Kier molecular flexibility index (Phi) is 8.28. The van der Waals surface area contributed by atoms with Crippen LogP contribution < -0.4 is 0 Å². The maximum atomic E-state index is 14.6. The van der Waals surface area contributed by atoms with Crippen molar-refractivity contribution >= 4 is 11.9 Å². The second-order valence-electron chi connectivity index (χ2n) is 8.38. The van der Waals surface area contributed by atoms with E-state index < -0.39 is 42.9 Å². The molecule has 0 radical (unpaired) electrons. The molecule has 0 N–H and O–H groups in total. The molecule has 3 aromatic rings. The van der Waals surface area contributed by atoms with Crippen molar-refractivity contribution in [2.24, 2.45) is 5.11 Å². The summed E-state index contributed by atoms with van der Waals surface area (Å²) in [6.45, 7) is -0.437. The van der Waals surface area contributed by atoms with Gasteiger partial charge in [-0.2, -0.15) is 0 Å². The number of nitrogens with zero attached hydrogens (tertiary/aromatic N) is 4. The average molecular weight is 489 g/mol. The fourth-order valence-electron chi connectivity index (χ4n) is 4.30. The number of azide groups is 1. The Morgan fingerprint density at radius 2 is 1.36 bits per heavy atom. The smallest absolute Gasteiger partial charge is 0.338 e. The first kappa shape index (κ1) is 24.9. The minimum atomic E-state index is -1.22. The third-order valence-corrected chi connectivity index (χ3v) is 6.06. The van der Waals surface area contributed by atoms with Crippen LogP contribution in [0.5, 0.6) is 0 Å². The summed E-state index contributed by atoms with van der Waals surface area (Å²) in [5, 5.41) is 3.85. The summed E-state index contributed by atoms with van der Waals surface area (Å²) in [5.74, 6) is -1.38. The number of benzene rings is 3. The lowest BCUT2D eigenvalue weighted by atomic mass is 9.91. The predicted molar refractivity (Wildman–Crippen MR) is 131 cm³/mol. The number of likely N-dealkylation sites (tertiary alicyclic amines) is 1. The molecule has 0 spiro atoms. The molecule has 3 aromatic carbocycles. The number of hydrogen-bond donors (Lipinski definition) is 0. The highest BCUT2D eigenvalue weighted by molar-refractivity contribution is 5.90. The quantitative estimate of drug-likeness (QED) is 0.193. The molecule has 1 unspecified atom stereocenters. The van der Waals surface area contributed by atoms with Crippen molar-refractivity contribution in [3.8, 4) is 0 Å². The number of halogens is 1. The fourth-order valence-corrected chi connectivity index (χ4v) is 4.30. The van der Waals surface area contributed by atoms with E-state index in [1.54, 1.807) is 65.6 Å². The second-order valence-corrected chi connectivity index (χ2v) is 8.38. The number of piperidine rings is 1. The topological polar surface area (TPSA) is 105 Å². The Bertz CT molecular complexity index is 1210. The van der Waals surface area contributed by atoms with E-state index in [-0.39, 0.29) is 17.7 Å². The van der Waals surface area contributed by atoms with E-state index >= 15 is 0 Å². The van der Waals surface area contributed by atoms with Crippen LogP contribution in [0.3, 0.4) is 0 Å². The average Bonchev–Trinajstić information content (AvgIpc) is 2.92. The predicted octanol–water partition coefficient (Wildman–Crippen LogP) is 4.97. The van der Waals surface area contributed by atoms with Gasteiger partial charge < -0.3 is 9.47 Å². The highest BCUT2D eigenvalue weighted by Crippen LogP contribution is 2.29. The maximum Gasteiger partial charge on any atom is 0.338 e. The van der Waals surface area contributed by atoms with Gasteiger partial charge in [-0.1, -0.05) is 71.8 Å². The van der Waals surface area contributed by atoms with Gasteiger partial charge in [-0.15, -0.1) is 0 Å². The highest BCUT2D eigenvalue weighted by atomic mass is 19.1. The van der Waals surface area contributed by atoms with Crippen LogP contribution in [-0.4, -0.2) is 54.3 Å². The van der Waals surface area contributed by atoms with Crippen molar-refractivity contribution in [3.05, 3.63) is 118 Å². The van der Waals surface area contributed by atoms with Gasteiger partial charge in [0.1, 0.15) is 6.67 Å². The Labute approximate surface area is 207 Å². The molecule has 1 aliphatic heterocycles. The molecule has 1 fully saturated rings. The Hall–Kier alpha value is -4.20. The van der Waals surface area contributed by atoms with Gasteiger partial charge in [0, 0.05) is 18.0 Å². The van der Waals surface area contributed by atoms with Gasteiger partial charge >= 0.3 is 11.9 Å². The summed E-state index contributed by atoms with van der Waals surface area (Å²) in [6, 6.07) is 24.1. The molecule has 1 saturated heterocycles. The van der Waals surface area contributed by atoms with Crippen LogP contribution >= 0.6 is 0 Å². The zero-order valence-corrected chi connectivity index (χ0v) is 19.4. The summed E-state index contributed by atoms with van der Waals surface area (Å²) >= 11 is 0. The third kappa shape index (κ3) is 5.89. The lowest BCUT2D eigenvalue weighted by molar-refractivity contribution is -0.108. The van der Waals surface area contributed by atoms with Gasteiger partial charge in [0.15, 0.2) is 12.2 Å². The van der Waals surface area contributed by atoms with Crippen molar-refractivity contribution in [2.45, 2.75) is 30.8 Å². The summed E-state index contributed by atoms with van der Waals surface area (Å²) in [5.41, 5.74) is 10.7. The lowest BCUT2D eigenvalue weighted by Gasteiger charge is -2.45. The largest absolute Gasteiger partial charge is 0.454 e. The van der Waals surface area contributed by atoms with Crippen molar-refractivity contribution in [3.63, 3.8) is 0 Å². The normalized spacial score (nSPS) is 21.7. The number of rotatable bonds is 8. The Morgan fingerprint density at radius 3 is 1.86 bits per heavy atom. The van der Waals surface area contributed by atoms with E-state index in [0.29, 0.717) is 6.54 Å². The Balaban J connectivity index is 1.68. The van der Waals surface area contributed by atoms with Crippen molar-refractivity contribution in [1.29, 1.82) is 0 Å². The highest BCUT2D eigenvalue weighted by Gasteiger charge is 2.48. The van der Waals surface area contributed by atoms with E-state index in [1.807, 2.05) is 30.3 Å². The van der Waals surface area contributed by atoms with Gasteiger partial charge in [-0.05, 0) is 35.4 Å². The van der Waals surface area contributed by atoms with Crippen LogP contribution in [0.2, 0.25) is 0 Å². The molecule has 8 nitrogen and oxygen atoms in total. The van der Waals surface area contributed by atoms with Gasteiger partial charge in [0.25, 0.3) is 0 Å². The molecule has 0 aliphatic carbocycles. The Morgan fingerprint density at radius 1 is 0.861 bits per heavy atom. The van der Waals surface area contributed by atoms with Crippen molar-refractivity contribution in [1.82, 2.24) is 4.90 Å². The van der Waals surface area contributed by atoms with Crippen molar-refractivity contribution in [2.75, 3.05) is 13.2 Å². The minimum Gasteiger partial charge on any atom is -0.454 e. The molecule has 1 heterocycles. The van der Waals surface area contributed by atoms with Crippen molar-refractivity contribution < 1.29 is 23.5 Å². The number of hydrogen-bond acceptors (Lipinski definition) is 6. The minimum absolute atomic E-state index is 0.111. The van der Waals surface area contributed by atoms with Gasteiger partial charge in [0.05, 0.1) is 23.2 Å². The second kappa shape index (κ2) is 12.0. The standard InChI is InChI=1S/C27H25FN4O4/c28-16-23-25(36-27(34)21-14-8-3-9-15-21)24(35-26(33)20-12-6-2-7-13-20)22(30-31-29)18-32(23)17-19-10-4-1-5-11-19/h1-15,22-25H,16-18H2/t22?,23-,24-,25-/m1/s1. The van der Waals surface area contributed by atoms with E-state index in [0.717, 1.165) is 5.56 Å². The summed E-state index contributed by atoms with van der Waals surface area (Å²) in [7, 11) is 0. The number of alkyl halides is 1. The zero-order chi connectivity index (χ0) is 25.3. The van der Waals surface area contributed by atoms with Crippen LogP contribution in [0.1, 0.15) is 26.3 Å². The lowest BCUT2D eigenvalue weighted by Crippen LogP contribution is -2.63. The number of ether oxygens (including phenoxy) is 2. The first-order chi connectivity index (χ1) is 17.6. The third-order valence-electron chi connectivity index (χ3n) is 6.06. The van der Waals surface area contributed by atoms with Gasteiger partial charge in [-0.3, -0.25) is 4.90 Å². The summed E-state index contributed by atoms with van der Waals surface area (Å²) in [4.78, 5) is 30.6.